The van der Waals surface area contributed by atoms with Gasteiger partial charge in [-0.1, -0.05) is 24.3 Å². The van der Waals surface area contributed by atoms with Crippen LogP contribution in [0.25, 0.3) is 10.8 Å². The molecule has 17 heavy (non-hydrogen) atoms. The number of ether oxygens (including phenoxy) is 1. The molecule has 0 bridgehead atoms. The van der Waals surface area contributed by atoms with Crippen molar-refractivity contribution in [3.63, 3.8) is 0 Å². The van der Waals surface area contributed by atoms with Gasteiger partial charge in [-0.25, -0.2) is 4.39 Å². The minimum absolute atomic E-state index is 0. The average Bonchev–Trinajstić information content (AvgIpc) is 2.33. The number of hydrogen-bond acceptors (Lipinski definition) is 2. The molecule has 2 nitrogen and oxygen atoms in total. The lowest BCUT2D eigenvalue weighted by atomic mass is 10.0. The molecular weight excluding hydrogens is 241 g/mol. The molecule has 0 aliphatic rings. The highest BCUT2D eigenvalue weighted by molar-refractivity contribution is 5.86. The van der Waals surface area contributed by atoms with Gasteiger partial charge in [0.05, 0.1) is 7.11 Å². The molecule has 4 heteroatoms. The van der Waals surface area contributed by atoms with Crippen molar-refractivity contribution in [3.8, 4) is 5.75 Å². The zero-order chi connectivity index (χ0) is 11.5. The molecule has 2 N–H and O–H groups in total. The Labute approximate surface area is 106 Å². The summed E-state index contributed by atoms with van der Waals surface area (Å²) in [6.45, 7) is 0.408. The summed E-state index contributed by atoms with van der Waals surface area (Å²) in [4.78, 5) is 0. The van der Waals surface area contributed by atoms with E-state index in [2.05, 4.69) is 0 Å². The van der Waals surface area contributed by atoms with Crippen LogP contribution in [0.15, 0.2) is 30.3 Å². The van der Waals surface area contributed by atoms with Crippen molar-refractivity contribution in [3.05, 3.63) is 41.7 Å². The normalized spacial score (nSPS) is 10.1. The van der Waals surface area contributed by atoms with Gasteiger partial charge < -0.3 is 10.5 Å². The van der Waals surface area contributed by atoms with Crippen molar-refractivity contribution in [2.45, 2.75) is 6.42 Å². The van der Waals surface area contributed by atoms with Gasteiger partial charge in [-0.05, 0) is 24.4 Å². The Balaban J connectivity index is 0.00000144. The fourth-order valence-corrected chi connectivity index (χ4v) is 1.88. The molecule has 0 aliphatic carbocycles. The summed E-state index contributed by atoms with van der Waals surface area (Å²) in [7, 11) is 1.55. The van der Waals surface area contributed by atoms with Crippen LogP contribution in [-0.4, -0.2) is 13.7 Å². The molecule has 0 atom stereocenters. The van der Waals surface area contributed by atoms with Gasteiger partial charge in [-0.3, -0.25) is 0 Å². The van der Waals surface area contributed by atoms with Crippen LogP contribution in [0, 0.1) is 5.82 Å². The Hall–Kier alpha value is -1.32. The fourth-order valence-electron chi connectivity index (χ4n) is 1.88. The van der Waals surface area contributed by atoms with E-state index in [4.69, 9.17) is 10.5 Å². The van der Waals surface area contributed by atoms with E-state index >= 15 is 0 Å². The summed E-state index contributed by atoms with van der Waals surface area (Å²) in [5.41, 5.74) is 6.03. The van der Waals surface area contributed by atoms with E-state index in [0.29, 0.717) is 29.7 Å². The van der Waals surface area contributed by atoms with Crippen LogP contribution in [-0.2, 0) is 6.42 Å². The van der Waals surface area contributed by atoms with E-state index in [1.165, 1.54) is 0 Å². The van der Waals surface area contributed by atoms with Gasteiger partial charge in [-0.2, -0.15) is 0 Å². The fraction of sp³-hybridized carbons (Fsp3) is 0.231. The summed E-state index contributed by atoms with van der Waals surface area (Å²) >= 11 is 0. The van der Waals surface area contributed by atoms with Crippen LogP contribution < -0.4 is 10.5 Å². The maximum absolute atomic E-state index is 14.2. The van der Waals surface area contributed by atoms with E-state index in [-0.39, 0.29) is 18.2 Å². The highest BCUT2D eigenvalue weighted by Crippen LogP contribution is 2.29. The molecule has 92 valence electrons. The van der Waals surface area contributed by atoms with Crippen molar-refractivity contribution in [2.75, 3.05) is 13.7 Å². The highest BCUT2D eigenvalue weighted by Gasteiger charge is 2.12. The molecule has 0 saturated heterocycles. The van der Waals surface area contributed by atoms with Gasteiger partial charge >= 0.3 is 0 Å². The summed E-state index contributed by atoms with van der Waals surface area (Å²) in [5.74, 6) is 0.349. The summed E-state index contributed by atoms with van der Waals surface area (Å²) in [6, 6.07) is 9.19. The number of rotatable bonds is 3. The molecule has 0 radical (unpaired) electrons. The molecule has 2 rings (SSSR count). The first kappa shape index (κ1) is 13.7. The van der Waals surface area contributed by atoms with Gasteiger partial charge in [0.1, 0.15) is 11.6 Å². The molecule has 0 spiro atoms. The number of benzene rings is 2. The van der Waals surface area contributed by atoms with Crippen molar-refractivity contribution in [1.82, 2.24) is 0 Å². The lowest BCUT2D eigenvalue weighted by molar-refractivity contribution is 0.406. The lowest BCUT2D eigenvalue weighted by Crippen LogP contribution is -2.06. The molecule has 0 unspecified atom stereocenters. The molecule has 2 aromatic carbocycles. The molecule has 0 saturated carbocycles. The molecular formula is C13H15ClFNO. The van der Waals surface area contributed by atoms with Gasteiger partial charge in [-0.15, -0.1) is 12.4 Å². The number of hydrogen-bond donors (Lipinski definition) is 1. The van der Waals surface area contributed by atoms with E-state index < -0.39 is 0 Å². The molecule has 0 aromatic heterocycles. The van der Waals surface area contributed by atoms with Gasteiger partial charge in [0.15, 0.2) is 0 Å². The number of methoxy groups -OCH3 is 1. The van der Waals surface area contributed by atoms with E-state index in [0.717, 1.165) is 5.39 Å². The van der Waals surface area contributed by atoms with Crippen molar-refractivity contribution in [1.29, 1.82) is 0 Å². The van der Waals surface area contributed by atoms with E-state index in [1.54, 1.807) is 13.2 Å². The van der Waals surface area contributed by atoms with E-state index in [1.807, 2.05) is 24.3 Å². The minimum atomic E-state index is -0.222. The summed E-state index contributed by atoms with van der Waals surface area (Å²) < 4.78 is 19.4. The maximum Gasteiger partial charge on any atom is 0.137 e. The quantitative estimate of drug-likeness (QED) is 0.915. The highest BCUT2D eigenvalue weighted by atomic mass is 35.5. The molecule has 2 aromatic rings. The third-order valence-electron chi connectivity index (χ3n) is 2.66. The second-order valence-electron chi connectivity index (χ2n) is 3.63. The average molecular weight is 256 g/mol. The van der Waals surface area contributed by atoms with Crippen LogP contribution >= 0.6 is 12.4 Å². The first-order valence-corrected chi connectivity index (χ1v) is 5.22. The zero-order valence-electron chi connectivity index (χ0n) is 9.57. The second kappa shape index (κ2) is 5.84. The topological polar surface area (TPSA) is 35.2 Å². The number of fused-ring (bicyclic) bond motifs is 1. The predicted molar refractivity (Wildman–Crippen MR) is 70.5 cm³/mol. The standard InChI is InChI=1S/C13H14FNO.ClH/c1-16-12-8-9-4-2-3-5-10(9)13(14)11(12)6-7-15;/h2-5,8H,6-7,15H2,1H3;1H. The maximum atomic E-state index is 14.2. The Bertz CT molecular complexity index is 516. The van der Waals surface area contributed by atoms with Gasteiger partial charge in [0.2, 0.25) is 0 Å². The Morgan fingerprint density at radius 3 is 2.65 bits per heavy atom. The zero-order valence-corrected chi connectivity index (χ0v) is 10.4. The molecule has 0 aliphatic heterocycles. The predicted octanol–water partition coefficient (Wildman–Crippen LogP) is 2.91. The van der Waals surface area contributed by atoms with Crippen LogP contribution in [0.1, 0.15) is 5.56 Å². The van der Waals surface area contributed by atoms with Crippen LogP contribution in [0.5, 0.6) is 5.75 Å². The van der Waals surface area contributed by atoms with Crippen molar-refractivity contribution < 1.29 is 9.13 Å². The molecule has 0 fully saturated rings. The number of nitrogens with two attached hydrogens (primary N) is 1. The monoisotopic (exact) mass is 255 g/mol. The largest absolute Gasteiger partial charge is 0.496 e. The van der Waals surface area contributed by atoms with Crippen LogP contribution in [0.3, 0.4) is 0 Å². The third-order valence-corrected chi connectivity index (χ3v) is 2.66. The Kier molecular flexibility index (Phi) is 4.73. The van der Waals surface area contributed by atoms with Crippen LogP contribution in [0.4, 0.5) is 4.39 Å². The third kappa shape index (κ3) is 2.51. The summed E-state index contributed by atoms with van der Waals surface area (Å²) in [6.07, 6.45) is 0.486. The first-order valence-electron chi connectivity index (χ1n) is 5.22. The van der Waals surface area contributed by atoms with Crippen LogP contribution in [0.2, 0.25) is 0 Å². The number of halogens is 2. The minimum Gasteiger partial charge on any atom is -0.496 e. The molecule has 0 amide bonds. The molecule has 0 heterocycles. The Morgan fingerprint density at radius 1 is 1.29 bits per heavy atom. The lowest BCUT2D eigenvalue weighted by Gasteiger charge is -2.11. The summed E-state index contributed by atoms with van der Waals surface area (Å²) in [5, 5.41) is 1.46. The first-order chi connectivity index (χ1) is 7.77. The van der Waals surface area contributed by atoms with E-state index in [9.17, 15) is 4.39 Å². The Morgan fingerprint density at radius 2 is 2.00 bits per heavy atom. The second-order valence-corrected chi connectivity index (χ2v) is 3.63. The van der Waals surface area contributed by atoms with Gasteiger partial charge in [0.25, 0.3) is 0 Å². The van der Waals surface area contributed by atoms with Crippen molar-refractivity contribution in [2.24, 2.45) is 5.73 Å². The van der Waals surface area contributed by atoms with Gasteiger partial charge in [0, 0.05) is 10.9 Å². The smallest absolute Gasteiger partial charge is 0.137 e. The van der Waals surface area contributed by atoms with Crippen molar-refractivity contribution >= 4 is 23.2 Å². The SMILES string of the molecule is COc1cc2ccccc2c(F)c1CCN.Cl.